The first kappa shape index (κ1) is 15.6. The second-order valence-corrected chi connectivity index (χ2v) is 7.22. The van der Waals surface area contributed by atoms with Gasteiger partial charge in [-0.3, -0.25) is 4.79 Å². The van der Waals surface area contributed by atoms with Crippen LogP contribution in [0.5, 0.6) is 0 Å². The maximum atomic E-state index is 13.0. The molecule has 6 heteroatoms. The zero-order valence-electron chi connectivity index (χ0n) is 11.1. The van der Waals surface area contributed by atoms with Crippen molar-refractivity contribution in [3.05, 3.63) is 30.1 Å². The Kier molecular flexibility index (Phi) is 4.68. The van der Waals surface area contributed by atoms with E-state index in [0.717, 1.165) is 12.1 Å². The molecule has 0 amide bonds. The summed E-state index contributed by atoms with van der Waals surface area (Å²) in [5.74, 6) is -1.61. The predicted octanol–water partition coefficient (Wildman–Crippen LogP) is 2.33. The van der Waals surface area contributed by atoms with Crippen LogP contribution < -0.4 is 0 Å². The highest BCUT2D eigenvalue weighted by atomic mass is 32.2. The molecule has 0 aliphatic carbocycles. The summed E-state index contributed by atoms with van der Waals surface area (Å²) < 4.78 is 41.7. The Morgan fingerprint density at radius 1 is 1.32 bits per heavy atom. The molecule has 1 rings (SSSR count). The van der Waals surface area contributed by atoms with Crippen LogP contribution in [0.2, 0.25) is 0 Å². The topological polar surface area (TPSA) is 60.4 Å². The van der Waals surface area contributed by atoms with Gasteiger partial charge in [-0.2, -0.15) is 0 Å². The van der Waals surface area contributed by atoms with Gasteiger partial charge in [0.05, 0.1) is 17.1 Å². The lowest BCUT2D eigenvalue weighted by atomic mass is 10.2. The number of ether oxygens (including phenoxy) is 1. The summed E-state index contributed by atoms with van der Waals surface area (Å²) in [5, 5.41) is 0. The lowest BCUT2D eigenvalue weighted by Crippen LogP contribution is -2.25. The van der Waals surface area contributed by atoms with Gasteiger partial charge in [0, 0.05) is 0 Å². The smallest absolute Gasteiger partial charge is 0.307 e. The van der Waals surface area contributed by atoms with Crippen LogP contribution >= 0.6 is 0 Å². The van der Waals surface area contributed by atoms with Crippen LogP contribution in [0.15, 0.2) is 29.2 Å². The first-order valence-corrected chi connectivity index (χ1v) is 7.45. The molecule has 0 atom stereocenters. The summed E-state index contributed by atoms with van der Waals surface area (Å²) in [5.41, 5.74) is -0.653. The highest BCUT2D eigenvalue weighted by Crippen LogP contribution is 2.15. The Bertz CT molecular complexity index is 558. The molecular weight excluding hydrogens is 271 g/mol. The number of carbonyl (C=O) groups is 1. The second-order valence-electron chi connectivity index (χ2n) is 5.11. The SMILES string of the molecule is CC(C)(C)OC(=O)CCS(=O)(=O)c1cccc(F)c1. The van der Waals surface area contributed by atoms with Crippen LogP contribution in [-0.2, 0) is 19.4 Å². The number of hydrogen-bond donors (Lipinski definition) is 0. The minimum Gasteiger partial charge on any atom is -0.460 e. The van der Waals surface area contributed by atoms with Crippen LogP contribution in [0.1, 0.15) is 27.2 Å². The van der Waals surface area contributed by atoms with Crippen LogP contribution in [-0.4, -0.2) is 25.7 Å². The van der Waals surface area contributed by atoms with E-state index in [1.807, 2.05) is 0 Å². The van der Waals surface area contributed by atoms with Gasteiger partial charge in [0.2, 0.25) is 0 Å². The van der Waals surface area contributed by atoms with Gasteiger partial charge in [0.25, 0.3) is 0 Å². The van der Waals surface area contributed by atoms with Crippen molar-refractivity contribution in [2.24, 2.45) is 0 Å². The number of hydrogen-bond acceptors (Lipinski definition) is 4. The predicted molar refractivity (Wildman–Crippen MR) is 68.9 cm³/mol. The third-order valence-corrected chi connectivity index (χ3v) is 3.86. The highest BCUT2D eigenvalue weighted by molar-refractivity contribution is 7.91. The zero-order chi connectivity index (χ0) is 14.7. The van der Waals surface area contributed by atoms with Gasteiger partial charge < -0.3 is 4.74 Å². The number of carbonyl (C=O) groups excluding carboxylic acids is 1. The van der Waals surface area contributed by atoms with Crippen LogP contribution in [0.4, 0.5) is 4.39 Å². The zero-order valence-corrected chi connectivity index (χ0v) is 12.0. The first-order valence-electron chi connectivity index (χ1n) is 5.80. The molecule has 0 aliphatic rings. The molecule has 0 aromatic heterocycles. The molecule has 0 aliphatic heterocycles. The molecule has 4 nitrogen and oxygen atoms in total. The van der Waals surface area contributed by atoms with Crippen LogP contribution in [0, 0.1) is 5.82 Å². The van der Waals surface area contributed by atoms with Crippen molar-refractivity contribution in [3.63, 3.8) is 0 Å². The van der Waals surface area contributed by atoms with Crippen molar-refractivity contribution >= 4 is 15.8 Å². The molecule has 106 valence electrons. The Hall–Kier alpha value is -1.43. The second kappa shape index (κ2) is 5.69. The number of esters is 1. The van der Waals surface area contributed by atoms with Crippen LogP contribution in [0.3, 0.4) is 0 Å². The third-order valence-electron chi connectivity index (χ3n) is 2.15. The molecule has 19 heavy (non-hydrogen) atoms. The van der Waals surface area contributed by atoms with Gasteiger partial charge in [-0.15, -0.1) is 0 Å². The molecule has 0 radical (unpaired) electrons. The van der Waals surface area contributed by atoms with Crippen molar-refractivity contribution < 1.29 is 22.3 Å². The van der Waals surface area contributed by atoms with Gasteiger partial charge in [0.15, 0.2) is 9.84 Å². The van der Waals surface area contributed by atoms with Gasteiger partial charge in [0.1, 0.15) is 11.4 Å². The molecule has 0 heterocycles. The highest BCUT2D eigenvalue weighted by Gasteiger charge is 2.21. The molecule has 0 N–H and O–H groups in total. The minimum atomic E-state index is -3.67. The number of rotatable bonds is 4. The summed E-state index contributed by atoms with van der Waals surface area (Å²) in [6.07, 6.45) is -0.254. The van der Waals surface area contributed by atoms with E-state index in [4.69, 9.17) is 4.74 Å². The average Bonchev–Trinajstić information content (AvgIpc) is 2.24. The largest absolute Gasteiger partial charge is 0.460 e. The Labute approximate surface area is 112 Å². The summed E-state index contributed by atoms with van der Waals surface area (Å²) in [7, 11) is -3.67. The van der Waals surface area contributed by atoms with E-state index in [0.29, 0.717) is 0 Å². The van der Waals surface area contributed by atoms with Crippen molar-refractivity contribution in [1.82, 2.24) is 0 Å². The Morgan fingerprint density at radius 3 is 2.47 bits per heavy atom. The molecule has 0 spiro atoms. The maximum Gasteiger partial charge on any atom is 0.307 e. The fourth-order valence-electron chi connectivity index (χ4n) is 1.39. The number of halogens is 1. The minimum absolute atomic E-state index is 0.129. The Morgan fingerprint density at radius 2 is 1.95 bits per heavy atom. The molecule has 0 saturated carbocycles. The normalized spacial score (nSPS) is 12.2. The molecule has 0 fully saturated rings. The van der Waals surface area contributed by atoms with Gasteiger partial charge >= 0.3 is 5.97 Å². The lowest BCUT2D eigenvalue weighted by Gasteiger charge is -2.19. The number of sulfone groups is 1. The summed E-state index contributed by atoms with van der Waals surface area (Å²) in [6, 6.07) is 4.71. The monoisotopic (exact) mass is 288 g/mol. The maximum absolute atomic E-state index is 13.0. The molecule has 1 aromatic rings. The summed E-state index contributed by atoms with van der Waals surface area (Å²) in [4.78, 5) is 11.3. The standard InChI is InChI=1S/C13H17FO4S/c1-13(2,3)18-12(15)7-8-19(16,17)11-6-4-5-10(14)9-11/h4-6,9H,7-8H2,1-3H3. The average molecular weight is 288 g/mol. The van der Waals surface area contributed by atoms with Crippen molar-refractivity contribution in [2.75, 3.05) is 5.75 Å². The molecular formula is C13H17FO4S. The van der Waals surface area contributed by atoms with Gasteiger partial charge in [-0.1, -0.05) is 6.07 Å². The molecule has 1 aromatic carbocycles. The third kappa shape index (κ3) is 5.38. The van der Waals surface area contributed by atoms with E-state index in [9.17, 15) is 17.6 Å². The van der Waals surface area contributed by atoms with Crippen molar-refractivity contribution in [1.29, 1.82) is 0 Å². The van der Waals surface area contributed by atoms with Crippen LogP contribution in [0.25, 0.3) is 0 Å². The van der Waals surface area contributed by atoms with Gasteiger partial charge in [-0.05, 0) is 39.0 Å². The van der Waals surface area contributed by atoms with Crippen molar-refractivity contribution in [3.8, 4) is 0 Å². The van der Waals surface area contributed by atoms with E-state index >= 15 is 0 Å². The van der Waals surface area contributed by atoms with Gasteiger partial charge in [-0.25, -0.2) is 12.8 Å². The fourth-order valence-corrected chi connectivity index (χ4v) is 2.64. The fraction of sp³-hybridized carbons (Fsp3) is 0.462. The molecule has 0 saturated heterocycles. The van der Waals surface area contributed by atoms with E-state index < -0.39 is 33.0 Å². The first-order chi connectivity index (χ1) is 8.60. The lowest BCUT2D eigenvalue weighted by molar-refractivity contribution is -0.154. The molecule has 0 unspecified atom stereocenters. The molecule has 0 bridgehead atoms. The quantitative estimate of drug-likeness (QED) is 0.798. The van der Waals surface area contributed by atoms with E-state index in [2.05, 4.69) is 0 Å². The summed E-state index contributed by atoms with van der Waals surface area (Å²) in [6.45, 7) is 5.10. The number of benzene rings is 1. The van der Waals surface area contributed by atoms with Crippen molar-refractivity contribution in [2.45, 2.75) is 37.7 Å². The van der Waals surface area contributed by atoms with E-state index in [-0.39, 0.29) is 11.3 Å². The Balaban J connectivity index is 2.69. The van der Waals surface area contributed by atoms with E-state index in [1.165, 1.54) is 12.1 Å². The summed E-state index contributed by atoms with van der Waals surface area (Å²) >= 11 is 0. The van der Waals surface area contributed by atoms with E-state index in [1.54, 1.807) is 20.8 Å².